The minimum atomic E-state index is -0.338. The molecule has 3 aromatic rings. The second-order valence-electron chi connectivity index (χ2n) is 8.73. The number of ether oxygens (including phenoxy) is 1. The number of thiazole rings is 1. The largest absolute Gasteiger partial charge is 0.378 e. The molecule has 1 fully saturated rings. The van der Waals surface area contributed by atoms with E-state index in [4.69, 9.17) is 9.72 Å². The Bertz CT molecular complexity index is 1130. The highest BCUT2D eigenvalue weighted by atomic mass is 32.1. The molecule has 0 aliphatic carbocycles. The van der Waals surface area contributed by atoms with Gasteiger partial charge in [0.25, 0.3) is 5.91 Å². The average Bonchev–Trinajstić information content (AvgIpc) is 3.48. The standard InChI is InChI=1S/C23H28N6O3S/c1-23(2,3)29-8-7-16(14-29)21(31)24-13-20(30)27-22-26-18(15-33-22)17-5-4-6-19(25-17)28-9-11-32-12-10-28/h4-8,14-15H,9-13H2,1-3H3,(H,24,31)(H,26,27,30). The summed E-state index contributed by atoms with van der Waals surface area (Å²) in [7, 11) is 0. The number of anilines is 2. The number of amides is 2. The number of nitrogens with one attached hydrogen (secondary N) is 2. The number of hydrogen-bond acceptors (Lipinski definition) is 7. The van der Waals surface area contributed by atoms with E-state index in [1.54, 1.807) is 12.3 Å². The van der Waals surface area contributed by atoms with Gasteiger partial charge in [-0.1, -0.05) is 6.07 Å². The van der Waals surface area contributed by atoms with Gasteiger partial charge in [-0.05, 0) is 39.0 Å². The molecule has 10 heteroatoms. The lowest BCUT2D eigenvalue weighted by Crippen LogP contribution is -2.36. The number of carbonyl (C=O) groups is 2. The second-order valence-corrected chi connectivity index (χ2v) is 9.59. The molecule has 0 spiro atoms. The van der Waals surface area contributed by atoms with Gasteiger partial charge in [-0.15, -0.1) is 11.3 Å². The van der Waals surface area contributed by atoms with Gasteiger partial charge >= 0.3 is 0 Å². The van der Waals surface area contributed by atoms with Crippen LogP contribution < -0.4 is 15.5 Å². The minimum absolute atomic E-state index is 0.116. The normalized spacial score (nSPS) is 14.2. The summed E-state index contributed by atoms with van der Waals surface area (Å²) in [6.07, 6.45) is 3.63. The highest BCUT2D eigenvalue weighted by Gasteiger charge is 2.17. The van der Waals surface area contributed by atoms with Crippen LogP contribution in [0.1, 0.15) is 31.1 Å². The highest BCUT2D eigenvalue weighted by Crippen LogP contribution is 2.25. The van der Waals surface area contributed by atoms with E-state index in [1.165, 1.54) is 11.3 Å². The maximum atomic E-state index is 12.4. The van der Waals surface area contributed by atoms with Gasteiger partial charge in [0.05, 0.1) is 31.0 Å². The molecule has 1 aliphatic rings. The van der Waals surface area contributed by atoms with Gasteiger partial charge < -0.3 is 24.8 Å². The predicted octanol–water partition coefficient (Wildman–Crippen LogP) is 2.97. The first-order valence-corrected chi connectivity index (χ1v) is 11.7. The molecule has 1 aliphatic heterocycles. The van der Waals surface area contributed by atoms with Crippen molar-refractivity contribution in [1.29, 1.82) is 0 Å². The second kappa shape index (κ2) is 9.72. The average molecular weight is 469 g/mol. The van der Waals surface area contributed by atoms with Crippen molar-refractivity contribution in [3.05, 3.63) is 47.6 Å². The maximum Gasteiger partial charge on any atom is 0.253 e. The first kappa shape index (κ1) is 22.9. The molecule has 3 aromatic heterocycles. The summed E-state index contributed by atoms with van der Waals surface area (Å²) in [5.41, 5.74) is 1.83. The van der Waals surface area contributed by atoms with E-state index in [0.717, 1.165) is 24.6 Å². The fraction of sp³-hybridized carbons (Fsp3) is 0.391. The zero-order valence-electron chi connectivity index (χ0n) is 19.0. The fourth-order valence-corrected chi connectivity index (χ4v) is 4.08. The van der Waals surface area contributed by atoms with Crippen molar-refractivity contribution < 1.29 is 14.3 Å². The van der Waals surface area contributed by atoms with Gasteiger partial charge in [-0.2, -0.15) is 0 Å². The molecule has 33 heavy (non-hydrogen) atoms. The summed E-state index contributed by atoms with van der Waals surface area (Å²) in [4.78, 5) is 36.1. The fourth-order valence-electron chi connectivity index (χ4n) is 3.36. The minimum Gasteiger partial charge on any atom is -0.378 e. The molecule has 0 unspecified atom stereocenters. The number of carbonyl (C=O) groups excluding carboxylic acids is 2. The van der Waals surface area contributed by atoms with Gasteiger partial charge in [0.1, 0.15) is 11.5 Å². The molecule has 0 radical (unpaired) electrons. The highest BCUT2D eigenvalue weighted by molar-refractivity contribution is 7.14. The number of nitrogens with zero attached hydrogens (tertiary/aromatic N) is 4. The molecule has 2 amide bonds. The topological polar surface area (TPSA) is 101 Å². The van der Waals surface area contributed by atoms with Crippen molar-refractivity contribution in [3.63, 3.8) is 0 Å². The first-order chi connectivity index (χ1) is 15.8. The number of pyridine rings is 1. The zero-order chi connectivity index (χ0) is 23.4. The lowest BCUT2D eigenvalue weighted by atomic mass is 10.1. The Kier molecular flexibility index (Phi) is 6.75. The smallest absolute Gasteiger partial charge is 0.253 e. The molecule has 0 saturated carbocycles. The number of morpholine rings is 1. The number of rotatable bonds is 6. The van der Waals surface area contributed by atoms with Crippen LogP contribution in [0.15, 0.2) is 42.0 Å². The van der Waals surface area contributed by atoms with E-state index in [1.807, 2.05) is 34.3 Å². The predicted molar refractivity (Wildman–Crippen MR) is 129 cm³/mol. The third kappa shape index (κ3) is 5.77. The van der Waals surface area contributed by atoms with Crippen LogP contribution in [0.4, 0.5) is 10.9 Å². The Morgan fingerprint density at radius 2 is 1.91 bits per heavy atom. The quantitative estimate of drug-likeness (QED) is 0.577. The molecule has 4 rings (SSSR count). The monoisotopic (exact) mass is 468 g/mol. The van der Waals surface area contributed by atoms with E-state index in [9.17, 15) is 9.59 Å². The lowest BCUT2D eigenvalue weighted by Gasteiger charge is -2.27. The van der Waals surface area contributed by atoms with Crippen molar-refractivity contribution in [2.45, 2.75) is 26.3 Å². The molecule has 0 bridgehead atoms. The Morgan fingerprint density at radius 3 is 2.64 bits per heavy atom. The van der Waals surface area contributed by atoms with Crippen molar-refractivity contribution in [1.82, 2.24) is 19.9 Å². The van der Waals surface area contributed by atoms with E-state index in [2.05, 4.69) is 41.3 Å². The Labute approximate surface area is 196 Å². The molecule has 0 atom stereocenters. The Morgan fingerprint density at radius 1 is 1.12 bits per heavy atom. The van der Waals surface area contributed by atoms with Gasteiger partial charge in [0.15, 0.2) is 5.13 Å². The van der Waals surface area contributed by atoms with E-state index < -0.39 is 0 Å². The molecule has 1 saturated heterocycles. The molecule has 0 aromatic carbocycles. The third-order valence-corrected chi connectivity index (χ3v) is 5.98. The number of hydrogen-bond donors (Lipinski definition) is 2. The van der Waals surface area contributed by atoms with Crippen LogP contribution in [0.3, 0.4) is 0 Å². The summed E-state index contributed by atoms with van der Waals surface area (Å²) in [6.45, 7) is 9.02. The van der Waals surface area contributed by atoms with Gasteiger partial charge in [-0.25, -0.2) is 9.97 Å². The molecule has 2 N–H and O–H groups in total. The van der Waals surface area contributed by atoms with Crippen LogP contribution in [-0.2, 0) is 15.1 Å². The van der Waals surface area contributed by atoms with E-state index in [-0.39, 0.29) is 23.9 Å². The Hall–Kier alpha value is -3.24. The Balaban J connectivity index is 1.32. The maximum absolute atomic E-state index is 12.4. The van der Waals surface area contributed by atoms with Crippen molar-refractivity contribution in [3.8, 4) is 11.4 Å². The summed E-state index contributed by atoms with van der Waals surface area (Å²) in [6, 6.07) is 7.56. The van der Waals surface area contributed by atoms with Crippen LogP contribution in [0, 0.1) is 0 Å². The van der Waals surface area contributed by atoms with Crippen molar-refractivity contribution in [2.24, 2.45) is 0 Å². The number of aromatic nitrogens is 3. The van der Waals surface area contributed by atoms with E-state index in [0.29, 0.717) is 29.6 Å². The molecule has 9 nitrogen and oxygen atoms in total. The van der Waals surface area contributed by atoms with Crippen LogP contribution in [0.2, 0.25) is 0 Å². The van der Waals surface area contributed by atoms with Crippen LogP contribution >= 0.6 is 11.3 Å². The zero-order valence-corrected chi connectivity index (χ0v) is 19.8. The lowest BCUT2D eigenvalue weighted by molar-refractivity contribution is -0.115. The molecule has 4 heterocycles. The van der Waals surface area contributed by atoms with Crippen molar-refractivity contribution >= 4 is 34.1 Å². The summed E-state index contributed by atoms with van der Waals surface area (Å²) >= 11 is 1.32. The first-order valence-electron chi connectivity index (χ1n) is 10.8. The van der Waals surface area contributed by atoms with Gasteiger partial charge in [0, 0.05) is 36.4 Å². The van der Waals surface area contributed by atoms with Crippen LogP contribution in [0.25, 0.3) is 11.4 Å². The van der Waals surface area contributed by atoms with Gasteiger partial charge in [0.2, 0.25) is 5.91 Å². The van der Waals surface area contributed by atoms with Crippen molar-refractivity contribution in [2.75, 3.05) is 43.1 Å². The van der Waals surface area contributed by atoms with E-state index >= 15 is 0 Å². The van der Waals surface area contributed by atoms with Crippen LogP contribution in [0.5, 0.6) is 0 Å². The summed E-state index contributed by atoms with van der Waals surface area (Å²) in [5, 5.41) is 7.71. The molecular formula is C23H28N6O3S. The van der Waals surface area contributed by atoms with Gasteiger partial charge in [-0.3, -0.25) is 9.59 Å². The molecule has 174 valence electrons. The summed E-state index contributed by atoms with van der Waals surface area (Å²) < 4.78 is 7.36. The summed E-state index contributed by atoms with van der Waals surface area (Å²) in [5.74, 6) is 0.254. The SMILES string of the molecule is CC(C)(C)n1ccc(C(=O)NCC(=O)Nc2nc(-c3cccc(N4CCOCC4)n3)cs2)c1. The van der Waals surface area contributed by atoms with Crippen LogP contribution in [-0.4, -0.2) is 59.2 Å². The third-order valence-electron chi connectivity index (χ3n) is 5.22. The molecular weight excluding hydrogens is 440 g/mol.